The Kier molecular flexibility index (Phi) is 3.40. The molecule has 92 valence electrons. The fourth-order valence-electron chi connectivity index (χ4n) is 2.27. The maximum absolute atomic E-state index is 5.72. The molecule has 17 heavy (non-hydrogen) atoms. The molecule has 2 rings (SSSR count). The number of furan rings is 1. The maximum Gasteiger partial charge on any atom is 0.106 e. The van der Waals surface area contributed by atoms with Crippen LogP contribution in [0.25, 0.3) is 0 Å². The third kappa shape index (κ3) is 2.17. The van der Waals surface area contributed by atoms with Gasteiger partial charge < -0.3 is 9.73 Å². The Morgan fingerprint density at radius 2 is 1.82 bits per heavy atom. The summed E-state index contributed by atoms with van der Waals surface area (Å²) in [5.74, 6) is 2.04. The Morgan fingerprint density at radius 3 is 2.24 bits per heavy atom. The van der Waals surface area contributed by atoms with E-state index in [1.54, 1.807) is 0 Å². The molecule has 2 nitrogen and oxygen atoms in total. The molecule has 0 fully saturated rings. The summed E-state index contributed by atoms with van der Waals surface area (Å²) in [6.07, 6.45) is 0. The largest absolute Gasteiger partial charge is 0.466 e. The van der Waals surface area contributed by atoms with Crippen molar-refractivity contribution in [3.05, 3.63) is 44.5 Å². The highest BCUT2D eigenvalue weighted by Gasteiger charge is 2.22. The molecule has 3 heteroatoms. The van der Waals surface area contributed by atoms with E-state index in [9.17, 15) is 0 Å². The van der Waals surface area contributed by atoms with Gasteiger partial charge in [-0.2, -0.15) is 0 Å². The number of aryl methyl sites for hydroxylation is 3. The van der Waals surface area contributed by atoms with Crippen LogP contribution in [0.4, 0.5) is 0 Å². The van der Waals surface area contributed by atoms with Crippen LogP contribution in [0.5, 0.6) is 0 Å². The molecule has 0 aliphatic carbocycles. The van der Waals surface area contributed by atoms with Crippen LogP contribution in [0.2, 0.25) is 0 Å². The van der Waals surface area contributed by atoms with E-state index in [1.165, 1.54) is 20.9 Å². The second-order valence-corrected chi connectivity index (χ2v) is 5.74. The highest BCUT2D eigenvalue weighted by Crippen LogP contribution is 2.34. The monoisotopic (exact) mass is 249 g/mol. The van der Waals surface area contributed by atoms with E-state index in [1.807, 2.05) is 32.2 Å². The standard InChI is InChI=1S/C14H19NOS/c1-8-6-7-12(17-8)14(15-5)13-9(2)10(3)16-11(13)4/h6-7,14-15H,1-5H3. The molecule has 1 unspecified atom stereocenters. The molecule has 0 spiro atoms. The molecular formula is C14H19NOS. The molecule has 2 aromatic rings. The van der Waals surface area contributed by atoms with Crippen LogP contribution in [0.15, 0.2) is 16.5 Å². The van der Waals surface area contributed by atoms with Crippen LogP contribution in [0, 0.1) is 27.7 Å². The second kappa shape index (κ2) is 4.67. The van der Waals surface area contributed by atoms with Crippen LogP contribution in [-0.2, 0) is 0 Å². The molecule has 0 aliphatic heterocycles. The minimum Gasteiger partial charge on any atom is -0.466 e. The molecule has 0 aliphatic rings. The predicted octanol–water partition coefficient (Wildman–Crippen LogP) is 3.88. The van der Waals surface area contributed by atoms with E-state index in [4.69, 9.17) is 4.42 Å². The van der Waals surface area contributed by atoms with Crippen LogP contribution in [-0.4, -0.2) is 7.05 Å². The fourth-order valence-corrected chi connectivity index (χ4v) is 3.27. The highest BCUT2D eigenvalue weighted by molar-refractivity contribution is 7.12. The molecule has 0 amide bonds. The minimum atomic E-state index is 0.242. The highest BCUT2D eigenvalue weighted by atomic mass is 32.1. The van der Waals surface area contributed by atoms with Gasteiger partial charge in [0.05, 0.1) is 6.04 Å². The maximum atomic E-state index is 5.72. The third-order valence-corrected chi connectivity index (χ3v) is 4.31. The number of hydrogen-bond acceptors (Lipinski definition) is 3. The number of nitrogens with one attached hydrogen (secondary N) is 1. The van der Waals surface area contributed by atoms with Gasteiger partial charge in [0.15, 0.2) is 0 Å². The first kappa shape index (κ1) is 12.4. The minimum absolute atomic E-state index is 0.242. The fraction of sp³-hybridized carbons (Fsp3) is 0.429. The molecule has 0 saturated heterocycles. The van der Waals surface area contributed by atoms with Gasteiger partial charge in [-0.3, -0.25) is 0 Å². The van der Waals surface area contributed by atoms with Crippen molar-refractivity contribution in [2.24, 2.45) is 0 Å². The van der Waals surface area contributed by atoms with Crippen LogP contribution >= 0.6 is 11.3 Å². The third-order valence-electron chi connectivity index (χ3n) is 3.24. The van der Waals surface area contributed by atoms with Gasteiger partial charge in [-0.1, -0.05) is 0 Å². The van der Waals surface area contributed by atoms with Gasteiger partial charge in [0.25, 0.3) is 0 Å². The van der Waals surface area contributed by atoms with Gasteiger partial charge in [0.2, 0.25) is 0 Å². The van der Waals surface area contributed by atoms with Gasteiger partial charge in [-0.05, 0) is 52.4 Å². The summed E-state index contributed by atoms with van der Waals surface area (Å²) in [7, 11) is 2.00. The molecule has 2 heterocycles. The van der Waals surface area contributed by atoms with Crippen molar-refractivity contribution in [1.29, 1.82) is 0 Å². The topological polar surface area (TPSA) is 25.2 Å². The molecular weight excluding hydrogens is 230 g/mol. The smallest absolute Gasteiger partial charge is 0.106 e. The van der Waals surface area contributed by atoms with E-state index >= 15 is 0 Å². The van der Waals surface area contributed by atoms with Gasteiger partial charge in [-0.15, -0.1) is 11.3 Å². The zero-order chi connectivity index (χ0) is 12.6. The van der Waals surface area contributed by atoms with Crippen LogP contribution in [0.3, 0.4) is 0 Å². The van der Waals surface area contributed by atoms with Gasteiger partial charge in [0.1, 0.15) is 11.5 Å². The zero-order valence-corrected chi connectivity index (χ0v) is 11.9. The first-order valence-corrected chi connectivity index (χ1v) is 6.66. The number of rotatable bonds is 3. The lowest BCUT2D eigenvalue weighted by Gasteiger charge is -2.15. The first-order chi connectivity index (χ1) is 8.04. The second-order valence-electron chi connectivity index (χ2n) is 4.42. The predicted molar refractivity (Wildman–Crippen MR) is 72.9 cm³/mol. The molecule has 0 bridgehead atoms. The molecule has 1 atom stereocenters. The molecule has 0 radical (unpaired) electrons. The zero-order valence-electron chi connectivity index (χ0n) is 11.0. The average Bonchev–Trinajstić information content (AvgIpc) is 2.79. The first-order valence-electron chi connectivity index (χ1n) is 5.84. The average molecular weight is 249 g/mol. The van der Waals surface area contributed by atoms with Crippen molar-refractivity contribution in [2.45, 2.75) is 33.7 Å². The normalized spacial score (nSPS) is 13.0. The summed E-state index contributed by atoms with van der Waals surface area (Å²) >= 11 is 1.84. The van der Waals surface area contributed by atoms with E-state index in [-0.39, 0.29) is 6.04 Å². The lowest BCUT2D eigenvalue weighted by Crippen LogP contribution is -2.17. The van der Waals surface area contributed by atoms with Crippen LogP contribution < -0.4 is 5.32 Å². The Morgan fingerprint density at radius 1 is 1.12 bits per heavy atom. The summed E-state index contributed by atoms with van der Waals surface area (Å²) in [6, 6.07) is 4.61. The van der Waals surface area contributed by atoms with Crippen LogP contribution in [0.1, 0.15) is 38.4 Å². The quantitative estimate of drug-likeness (QED) is 0.893. The Balaban J connectivity index is 2.49. The van der Waals surface area contributed by atoms with Crippen molar-refractivity contribution in [3.8, 4) is 0 Å². The van der Waals surface area contributed by atoms with E-state index in [0.29, 0.717) is 0 Å². The molecule has 1 N–H and O–H groups in total. The molecule has 2 aromatic heterocycles. The lowest BCUT2D eigenvalue weighted by molar-refractivity contribution is 0.496. The summed E-state index contributed by atoms with van der Waals surface area (Å²) in [4.78, 5) is 2.69. The van der Waals surface area contributed by atoms with Crippen molar-refractivity contribution in [1.82, 2.24) is 5.32 Å². The molecule has 0 saturated carbocycles. The van der Waals surface area contributed by atoms with Crippen molar-refractivity contribution in [2.75, 3.05) is 7.05 Å². The van der Waals surface area contributed by atoms with Gasteiger partial charge in [0, 0.05) is 15.3 Å². The SMILES string of the molecule is CNC(c1ccc(C)s1)c1c(C)oc(C)c1C. The summed E-state index contributed by atoms with van der Waals surface area (Å²) in [5, 5.41) is 3.39. The Labute approximate surface area is 107 Å². The van der Waals surface area contributed by atoms with Gasteiger partial charge in [-0.25, -0.2) is 0 Å². The summed E-state index contributed by atoms with van der Waals surface area (Å²) in [6.45, 7) is 8.34. The molecule has 0 aromatic carbocycles. The number of thiophene rings is 1. The van der Waals surface area contributed by atoms with Crippen molar-refractivity contribution < 1.29 is 4.42 Å². The number of hydrogen-bond donors (Lipinski definition) is 1. The Bertz CT molecular complexity index is 524. The van der Waals surface area contributed by atoms with Crippen molar-refractivity contribution in [3.63, 3.8) is 0 Å². The summed E-state index contributed by atoms with van der Waals surface area (Å²) in [5.41, 5.74) is 2.54. The van der Waals surface area contributed by atoms with E-state index in [2.05, 4.69) is 31.3 Å². The lowest BCUT2D eigenvalue weighted by atomic mass is 10.0. The Hall–Kier alpha value is -1.06. The van der Waals surface area contributed by atoms with Gasteiger partial charge >= 0.3 is 0 Å². The van der Waals surface area contributed by atoms with E-state index in [0.717, 1.165) is 11.5 Å². The summed E-state index contributed by atoms with van der Waals surface area (Å²) < 4.78 is 5.72. The van der Waals surface area contributed by atoms with E-state index < -0.39 is 0 Å². The van der Waals surface area contributed by atoms with Crippen molar-refractivity contribution >= 4 is 11.3 Å².